The molecular formula is C15H22N2OS. The first-order valence-corrected chi connectivity index (χ1v) is 7.67. The topological polar surface area (TPSA) is 42.9 Å². The van der Waals surface area contributed by atoms with Crippen molar-refractivity contribution in [1.29, 1.82) is 0 Å². The number of nitrogens with zero attached hydrogens (tertiary/aromatic N) is 2. The van der Waals surface area contributed by atoms with Gasteiger partial charge in [-0.15, -0.1) is 11.8 Å². The minimum absolute atomic E-state index is 0.0207. The third-order valence-electron chi connectivity index (χ3n) is 3.14. The molecular weight excluding hydrogens is 256 g/mol. The number of rotatable bonds is 2. The molecule has 1 aromatic rings. The monoisotopic (exact) mass is 278 g/mol. The van der Waals surface area contributed by atoms with Gasteiger partial charge in [0.25, 0.3) is 0 Å². The summed E-state index contributed by atoms with van der Waals surface area (Å²) < 4.78 is 0.203. The van der Waals surface area contributed by atoms with Crippen LogP contribution in [0.4, 0.5) is 0 Å². The molecule has 1 aromatic heterocycles. The van der Waals surface area contributed by atoms with Crippen molar-refractivity contribution < 1.29 is 4.79 Å². The number of hydrogen-bond donors (Lipinski definition) is 0. The maximum Gasteiger partial charge on any atom is 0.166 e. The van der Waals surface area contributed by atoms with Crippen LogP contribution in [0.25, 0.3) is 0 Å². The van der Waals surface area contributed by atoms with E-state index in [0.29, 0.717) is 6.42 Å². The Morgan fingerprint density at radius 2 is 2.00 bits per heavy atom. The normalized spacial score (nSPS) is 18.3. The second kappa shape index (κ2) is 4.89. The van der Waals surface area contributed by atoms with Crippen molar-refractivity contribution >= 4 is 17.5 Å². The molecule has 0 fully saturated rings. The van der Waals surface area contributed by atoms with E-state index < -0.39 is 0 Å². The van der Waals surface area contributed by atoms with E-state index in [1.807, 2.05) is 11.8 Å². The maximum atomic E-state index is 12.0. The molecule has 2 rings (SSSR count). The van der Waals surface area contributed by atoms with Gasteiger partial charge in [0, 0.05) is 17.4 Å². The smallest absolute Gasteiger partial charge is 0.166 e. The highest BCUT2D eigenvalue weighted by Crippen LogP contribution is 2.34. The van der Waals surface area contributed by atoms with Gasteiger partial charge in [-0.05, 0) is 11.8 Å². The van der Waals surface area contributed by atoms with Crippen LogP contribution in [0.1, 0.15) is 62.9 Å². The Morgan fingerprint density at radius 3 is 2.63 bits per heavy atom. The zero-order valence-corrected chi connectivity index (χ0v) is 13.2. The summed E-state index contributed by atoms with van der Waals surface area (Å²) in [5.41, 5.74) is 1.68. The van der Waals surface area contributed by atoms with E-state index in [1.54, 1.807) is 6.20 Å². The Bertz CT molecular complexity index is 503. The molecule has 1 heterocycles. The lowest BCUT2D eigenvalue weighted by Crippen LogP contribution is -2.28. The zero-order chi connectivity index (χ0) is 14.3. The van der Waals surface area contributed by atoms with E-state index in [0.717, 1.165) is 29.3 Å². The Hall–Kier alpha value is -0.900. The average Bonchev–Trinajstić information content (AvgIpc) is 2.23. The molecule has 0 aliphatic heterocycles. The second-order valence-corrected chi connectivity index (χ2v) is 8.79. The molecule has 0 spiro atoms. The molecule has 0 radical (unpaired) electrons. The Kier molecular flexibility index (Phi) is 3.74. The first-order chi connectivity index (χ1) is 8.66. The van der Waals surface area contributed by atoms with Gasteiger partial charge >= 0.3 is 0 Å². The number of ketones is 1. The van der Waals surface area contributed by atoms with Gasteiger partial charge in [-0.3, -0.25) is 4.79 Å². The van der Waals surface area contributed by atoms with Crippen molar-refractivity contribution in [2.75, 3.05) is 0 Å². The SMILES string of the molecule is CC1(C)CC(=O)c2cnc(CSC(C)(C)C)nc2C1. The van der Waals surface area contributed by atoms with Crippen LogP contribution in [0.2, 0.25) is 0 Å². The van der Waals surface area contributed by atoms with E-state index in [2.05, 4.69) is 44.6 Å². The summed E-state index contributed by atoms with van der Waals surface area (Å²) in [6, 6.07) is 0. The van der Waals surface area contributed by atoms with Crippen LogP contribution >= 0.6 is 11.8 Å². The molecule has 0 saturated heterocycles. The van der Waals surface area contributed by atoms with Crippen LogP contribution in [0.3, 0.4) is 0 Å². The molecule has 1 aliphatic rings. The summed E-state index contributed by atoms with van der Waals surface area (Å²) in [7, 11) is 0. The minimum Gasteiger partial charge on any atom is -0.294 e. The molecule has 4 heteroatoms. The van der Waals surface area contributed by atoms with E-state index in [4.69, 9.17) is 0 Å². The Balaban J connectivity index is 2.21. The van der Waals surface area contributed by atoms with Crippen molar-refractivity contribution in [2.45, 2.75) is 58.0 Å². The number of carbonyl (C=O) groups excluding carboxylic acids is 1. The van der Waals surface area contributed by atoms with Crippen LogP contribution < -0.4 is 0 Å². The molecule has 0 N–H and O–H groups in total. The summed E-state index contributed by atoms with van der Waals surface area (Å²) in [6.45, 7) is 10.8. The molecule has 3 nitrogen and oxygen atoms in total. The quantitative estimate of drug-likeness (QED) is 0.828. The molecule has 0 unspecified atom stereocenters. The van der Waals surface area contributed by atoms with E-state index in [9.17, 15) is 4.79 Å². The number of aromatic nitrogens is 2. The van der Waals surface area contributed by atoms with Crippen molar-refractivity contribution in [1.82, 2.24) is 9.97 Å². The summed E-state index contributed by atoms with van der Waals surface area (Å²) in [4.78, 5) is 21.0. The highest BCUT2D eigenvalue weighted by molar-refractivity contribution is 7.99. The van der Waals surface area contributed by atoms with Gasteiger partial charge in [0.15, 0.2) is 5.78 Å². The lowest BCUT2D eigenvalue weighted by Gasteiger charge is -2.29. The van der Waals surface area contributed by atoms with E-state index >= 15 is 0 Å². The first kappa shape index (κ1) is 14.5. The standard InChI is InChI=1S/C15H22N2OS/c1-14(2,3)19-9-13-16-8-10-11(17-13)6-15(4,5)7-12(10)18/h8H,6-7,9H2,1-5H3. The molecule has 1 aliphatic carbocycles. The maximum absolute atomic E-state index is 12.0. The minimum atomic E-state index is 0.0207. The van der Waals surface area contributed by atoms with Crippen LogP contribution in [0.5, 0.6) is 0 Å². The highest BCUT2D eigenvalue weighted by atomic mass is 32.2. The zero-order valence-electron chi connectivity index (χ0n) is 12.4. The first-order valence-electron chi connectivity index (χ1n) is 6.68. The Morgan fingerprint density at radius 1 is 1.32 bits per heavy atom. The van der Waals surface area contributed by atoms with Gasteiger partial charge in [0.2, 0.25) is 0 Å². The third-order valence-corrected chi connectivity index (χ3v) is 4.41. The van der Waals surface area contributed by atoms with Crippen molar-refractivity contribution in [3.63, 3.8) is 0 Å². The van der Waals surface area contributed by atoms with Gasteiger partial charge in [0.05, 0.1) is 17.0 Å². The second-order valence-electron chi connectivity index (χ2n) is 6.99. The van der Waals surface area contributed by atoms with Crippen molar-refractivity contribution in [3.05, 3.63) is 23.3 Å². The van der Waals surface area contributed by atoms with Gasteiger partial charge in [0.1, 0.15) is 5.82 Å². The molecule has 0 bridgehead atoms. The molecule has 0 saturated carbocycles. The Labute approximate surface area is 119 Å². The number of thioether (sulfide) groups is 1. The van der Waals surface area contributed by atoms with Crippen LogP contribution in [-0.2, 0) is 12.2 Å². The largest absolute Gasteiger partial charge is 0.294 e. The summed E-state index contributed by atoms with van der Waals surface area (Å²) >= 11 is 1.83. The number of fused-ring (bicyclic) bond motifs is 1. The lowest BCUT2D eigenvalue weighted by molar-refractivity contribution is 0.0909. The molecule has 104 valence electrons. The summed E-state index contributed by atoms with van der Waals surface area (Å²) in [5, 5.41) is 0. The molecule has 0 atom stereocenters. The fraction of sp³-hybridized carbons (Fsp3) is 0.667. The van der Waals surface area contributed by atoms with Gasteiger partial charge < -0.3 is 0 Å². The van der Waals surface area contributed by atoms with Crippen LogP contribution in [0, 0.1) is 5.41 Å². The lowest BCUT2D eigenvalue weighted by atomic mass is 9.76. The van der Waals surface area contributed by atoms with Crippen LogP contribution in [0.15, 0.2) is 6.20 Å². The molecule has 0 aromatic carbocycles. The third kappa shape index (κ3) is 3.78. The van der Waals surface area contributed by atoms with E-state index in [-0.39, 0.29) is 15.9 Å². The fourth-order valence-electron chi connectivity index (χ4n) is 2.22. The molecule has 0 amide bonds. The van der Waals surface area contributed by atoms with E-state index in [1.165, 1.54) is 0 Å². The number of hydrogen-bond acceptors (Lipinski definition) is 4. The predicted molar refractivity (Wildman–Crippen MR) is 79.5 cm³/mol. The number of carbonyl (C=O) groups is 1. The fourth-order valence-corrected chi connectivity index (χ4v) is 2.92. The van der Waals surface area contributed by atoms with Gasteiger partial charge in [-0.2, -0.15) is 0 Å². The van der Waals surface area contributed by atoms with Gasteiger partial charge in [-0.1, -0.05) is 34.6 Å². The van der Waals surface area contributed by atoms with Crippen LogP contribution in [-0.4, -0.2) is 20.5 Å². The predicted octanol–water partition coefficient (Wildman–Crippen LogP) is 3.66. The highest BCUT2D eigenvalue weighted by Gasteiger charge is 2.32. The van der Waals surface area contributed by atoms with Crippen molar-refractivity contribution in [3.8, 4) is 0 Å². The molecule has 19 heavy (non-hydrogen) atoms. The van der Waals surface area contributed by atoms with Gasteiger partial charge in [-0.25, -0.2) is 9.97 Å². The average molecular weight is 278 g/mol. The van der Waals surface area contributed by atoms with Crippen molar-refractivity contribution in [2.24, 2.45) is 5.41 Å². The summed E-state index contributed by atoms with van der Waals surface area (Å²) in [5.74, 6) is 1.82. The number of Topliss-reactive ketones (excluding diaryl/α,β-unsaturated/α-hetero) is 1. The summed E-state index contributed by atoms with van der Waals surface area (Å²) in [6.07, 6.45) is 3.18.